The highest BCUT2D eigenvalue weighted by molar-refractivity contribution is 4.80. The molecule has 0 saturated heterocycles. The van der Waals surface area contributed by atoms with Gasteiger partial charge in [0.05, 0.1) is 0 Å². The van der Waals surface area contributed by atoms with Gasteiger partial charge in [-0.3, -0.25) is 0 Å². The summed E-state index contributed by atoms with van der Waals surface area (Å²) in [4.78, 5) is 0. The van der Waals surface area contributed by atoms with Crippen LogP contribution >= 0.6 is 0 Å². The smallest absolute Gasteiger partial charge is 0.00518 e. The average molecular weight is 155 g/mol. The lowest BCUT2D eigenvalue weighted by Crippen LogP contribution is -2.06. The maximum Gasteiger partial charge on any atom is -0.00518 e. The van der Waals surface area contributed by atoms with E-state index in [9.17, 15) is 0 Å². The topological polar surface area (TPSA) is 12.0 Å². The molecule has 11 heavy (non-hydrogen) atoms. The van der Waals surface area contributed by atoms with E-state index in [0.29, 0.717) is 0 Å². The fraction of sp³-hybridized carbons (Fsp3) is 0.800. The standard InChI is InChI=1S/C10H21N/c1-3-4-5-6-7-8-9-10-11-2/h5-6,11H,3-4,7-10H2,1-2H3/b6-5+. The van der Waals surface area contributed by atoms with Gasteiger partial charge in [0.15, 0.2) is 0 Å². The summed E-state index contributed by atoms with van der Waals surface area (Å²) in [5.74, 6) is 0. The predicted octanol–water partition coefficient (Wildman–Crippen LogP) is 2.73. The van der Waals surface area contributed by atoms with Gasteiger partial charge in [-0.05, 0) is 39.3 Å². The Kier molecular flexibility index (Phi) is 9.44. The molecule has 0 aliphatic rings. The van der Waals surface area contributed by atoms with Crippen molar-refractivity contribution in [1.82, 2.24) is 5.32 Å². The zero-order valence-electron chi connectivity index (χ0n) is 7.90. The number of nitrogens with one attached hydrogen (secondary N) is 1. The second-order valence-corrected chi connectivity index (χ2v) is 2.86. The van der Waals surface area contributed by atoms with Crippen molar-refractivity contribution in [2.24, 2.45) is 0 Å². The van der Waals surface area contributed by atoms with Crippen LogP contribution in [0.5, 0.6) is 0 Å². The molecule has 0 aromatic rings. The van der Waals surface area contributed by atoms with E-state index >= 15 is 0 Å². The maximum atomic E-state index is 3.15. The Bertz CT molecular complexity index is 86.9. The number of unbranched alkanes of at least 4 members (excludes halogenated alkanes) is 3. The molecule has 0 saturated carbocycles. The Morgan fingerprint density at radius 3 is 2.45 bits per heavy atom. The Labute approximate surface area is 70.9 Å². The summed E-state index contributed by atoms with van der Waals surface area (Å²) in [6.07, 6.45) is 11.0. The lowest BCUT2D eigenvalue weighted by molar-refractivity contribution is 0.684. The molecule has 0 aromatic heterocycles. The van der Waals surface area contributed by atoms with E-state index in [2.05, 4.69) is 24.4 Å². The Balaban J connectivity index is 2.89. The van der Waals surface area contributed by atoms with Gasteiger partial charge in [-0.15, -0.1) is 0 Å². The van der Waals surface area contributed by atoms with Crippen molar-refractivity contribution in [2.75, 3.05) is 13.6 Å². The molecule has 0 radical (unpaired) electrons. The summed E-state index contributed by atoms with van der Waals surface area (Å²) in [7, 11) is 2.01. The number of hydrogen-bond acceptors (Lipinski definition) is 1. The van der Waals surface area contributed by atoms with E-state index in [0.717, 1.165) is 6.54 Å². The molecule has 0 aliphatic carbocycles. The van der Waals surface area contributed by atoms with E-state index in [1.165, 1.54) is 32.1 Å². The Morgan fingerprint density at radius 1 is 1.09 bits per heavy atom. The van der Waals surface area contributed by atoms with Gasteiger partial charge in [0, 0.05) is 0 Å². The predicted molar refractivity (Wildman–Crippen MR) is 51.8 cm³/mol. The second kappa shape index (κ2) is 9.70. The first-order valence-corrected chi connectivity index (χ1v) is 4.71. The summed E-state index contributed by atoms with van der Waals surface area (Å²) in [5, 5.41) is 3.15. The first-order chi connectivity index (χ1) is 5.41. The normalized spacial score (nSPS) is 11.1. The van der Waals surface area contributed by atoms with E-state index in [4.69, 9.17) is 0 Å². The van der Waals surface area contributed by atoms with Crippen molar-refractivity contribution in [3.05, 3.63) is 12.2 Å². The summed E-state index contributed by atoms with van der Waals surface area (Å²) in [5.41, 5.74) is 0. The molecule has 0 rings (SSSR count). The average Bonchev–Trinajstić information content (AvgIpc) is 2.03. The minimum Gasteiger partial charge on any atom is -0.320 e. The largest absolute Gasteiger partial charge is 0.320 e. The van der Waals surface area contributed by atoms with E-state index in [1.807, 2.05) is 7.05 Å². The highest BCUT2D eigenvalue weighted by atomic mass is 14.8. The van der Waals surface area contributed by atoms with Crippen molar-refractivity contribution >= 4 is 0 Å². The van der Waals surface area contributed by atoms with Gasteiger partial charge in [0.25, 0.3) is 0 Å². The van der Waals surface area contributed by atoms with Crippen molar-refractivity contribution in [1.29, 1.82) is 0 Å². The third-order valence-corrected chi connectivity index (χ3v) is 1.67. The van der Waals surface area contributed by atoms with Gasteiger partial charge in [0.2, 0.25) is 0 Å². The Morgan fingerprint density at radius 2 is 1.82 bits per heavy atom. The van der Waals surface area contributed by atoms with E-state index in [1.54, 1.807) is 0 Å². The zero-order valence-corrected chi connectivity index (χ0v) is 7.90. The monoisotopic (exact) mass is 155 g/mol. The minimum atomic E-state index is 1.15. The summed E-state index contributed by atoms with van der Waals surface area (Å²) >= 11 is 0. The summed E-state index contributed by atoms with van der Waals surface area (Å²) in [6.45, 7) is 3.37. The SMILES string of the molecule is CCC/C=C/CCCCNC. The molecule has 0 amide bonds. The molecular formula is C10H21N. The second-order valence-electron chi connectivity index (χ2n) is 2.86. The van der Waals surface area contributed by atoms with Crippen LogP contribution in [0.2, 0.25) is 0 Å². The minimum absolute atomic E-state index is 1.15. The quantitative estimate of drug-likeness (QED) is 0.440. The fourth-order valence-corrected chi connectivity index (χ4v) is 0.966. The van der Waals surface area contributed by atoms with Gasteiger partial charge in [-0.1, -0.05) is 25.5 Å². The van der Waals surface area contributed by atoms with E-state index in [-0.39, 0.29) is 0 Å². The first kappa shape index (κ1) is 10.7. The van der Waals surface area contributed by atoms with Crippen LogP contribution < -0.4 is 5.32 Å². The number of allylic oxidation sites excluding steroid dienone is 2. The van der Waals surface area contributed by atoms with Crippen LogP contribution in [0.4, 0.5) is 0 Å². The van der Waals surface area contributed by atoms with Crippen molar-refractivity contribution in [3.8, 4) is 0 Å². The fourth-order valence-electron chi connectivity index (χ4n) is 0.966. The third-order valence-electron chi connectivity index (χ3n) is 1.67. The molecule has 1 heteroatoms. The molecule has 0 atom stereocenters. The summed E-state index contributed by atoms with van der Waals surface area (Å²) < 4.78 is 0. The maximum absolute atomic E-state index is 3.15. The van der Waals surface area contributed by atoms with Crippen LogP contribution in [0, 0.1) is 0 Å². The molecule has 0 aromatic carbocycles. The van der Waals surface area contributed by atoms with E-state index < -0.39 is 0 Å². The number of hydrogen-bond donors (Lipinski definition) is 1. The summed E-state index contributed by atoms with van der Waals surface area (Å²) in [6, 6.07) is 0. The third kappa shape index (κ3) is 9.70. The van der Waals surface area contributed by atoms with Gasteiger partial charge in [0.1, 0.15) is 0 Å². The van der Waals surface area contributed by atoms with Crippen LogP contribution in [0.15, 0.2) is 12.2 Å². The van der Waals surface area contributed by atoms with Crippen LogP contribution in [-0.4, -0.2) is 13.6 Å². The first-order valence-electron chi connectivity index (χ1n) is 4.71. The van der Waals surface area contributed by atoms with Crippen LogP contribution in [0.25, 0.3) is 0 Å². The molecule has 0 fully saturated rings. The molecule has 1 N–H and O–H groups in total. The van der Waals surface area contributed by atoms with Gasteiger partial charge in [-0.25, -0.2) is 0 Å². The van der Waals surface area contributed by atoms with Crippen molar-refractivity contribution in [3.63, 3.8) is 0 Å². The lowest BCUT2D eigenvalue weighted by atomic mass is 10.2. The molecule has 0 spiro atoms. The Hall–Kier alpha value is -0.300. The van der Waals surface area contributed by atoms with Gasteiger partial charge >= 0.3 is 0 Å². The molecule has 0 heterocycles. The molecule has 0 aliphatic heterocycles. The van der Waals surface area contributed by atoms with Crippen LogP contribution in [0.3, 0.4) is 0 Å². The number of rotatable bonds is 7. The molecule has 1 nitrogen and oxygen atoms in total. The van der Waals surface area contributed by atoms with Crippen molar-refractivity contribution < 1.29 is 0 Å². The van der Waals surface area contributed by atoms with Gasteiger partial charge < -0.3 is 5.32 Å². The van der Waals surface area contributed by atoms with Crippen molar-refractivity contribution in [2.45, 2.75) is 39.0 Å². The molecular weight excluding hydrogens is 134 g/mol. The molecule has 0 unspecified atom stereocenters. The highest BCUT2D eigenvalue weighted by Crippen LogP contribution is 1.97. The van der Waals surface area contributed by atoms with Crippen LogP contribution in [0.1, 0.15) is 39.0 Å². The van der Waals surface area contributed by atoms with Gasteiger partial charge in [-0.2, -0.15) is 0 Å². The zero-order chi connectivity index (χ0) is 8.36. The van der Waals surface area contributed by atoms with Crippen LogP contribution in [-0.2, 0) is 0 Å². The highest BCUT2D eigenvalue weighted by Gasteiger charge is 1.82. The lowest BCUT2D eigenvalue weighted by Gasteiger charge is -1.95. The molecule has 66 valence electrons. The molecule has 0 bridgehead atoms.